The zero-order chi connectivity index (χ0) is 28.2. The fourth-order valence-corrected chi connectivity index (χ4v) is 3.72. The summed E-state index contributed by atoms with van der Waals surface area (Å²) >= 11 is 5.88. The van der Waals surface area contributed by atoms with Crippen molar-refractivity contribution in [1.82, 2.24) is 10.3 Å². The minimum Gasteiger partial charge on any atom is -0.348 e. The van der Waals surface area contributed by atoms with E-state index >= 15 is 0 Å². The molecule has 0 unspecified atom stereocenters. The van der Waals surface area contributed by atoms with Crippen LogP contribution in [0.2, 0.25) is 5.02 Å². The van der Waals surface area contributed by atoms with Gasteiger partial charge in [-0.2, -0.15) is 13.2 Å². The maximum absolute atomic E-state index is 13.9. The van der Waals surface area contributed by atoms with Crippen molar-refractivity contribution in [2.24, 2.45) is 0 Å². The van der Waals surface area contributed by atoms with Gasteiger partial charge in [0.1, 0.15) is 5.82 Å². The SMILES string of the molecule is Cc1ccccc1Nc1ncc(C(=O)NCc2ccc(Cl)cc2)cc1NC(=O)c1cc(F)cc(C(F)(F)F)c1. The number of para-hydroxylation sites is 1. The second-order valence-corrected chi connectivity index (χ2v) is 8.99. The summed E-state index contributed by atoms with van der Waals surface area (Å²) in [7, 11) is 0. The van der Waals surface area contributed by atoms with E-state index in [0.717, 1.165) is 11.1 Å². The molecule has 6 nitrogen and oxygen atoms in total. The van der Waals surface area contributed by atoms with Crippen LogP contribution in [0.5, 0.6) is 0 Å². The van der Waals surface area contributed by atoms with Gasteiger partial charge in [0.15, 0.2) is 5.82 Å². The van der Waals surface area contributed by atoms with Crippen LogP contribution >= 0.6 is 11.6 Å². The number of anilines is 3. The lowest BCUT2D eigenvalue weighted by molar-refractivity contribution is -0.137. The molecule has 0 fully saturated rings. The second-order valence-electron chi connectivity index (χ2n) is 8.55. The lowest BCUT2D eigenvalue weighted by Crippen LogP contribution is -2.23. The predicted octanol–water partition coefficient (Wildman–Crippen LogP) is 7.13. The summed E-state index contributed by atoms with van der Waals surface area (Å²) in [6.45, 7) is 2.02. The van der Waals surface area contributed by atoms with E-state index in [2.05, 4.69) is 20.9 Å². The number of halogens is 5. The third-order valence-corrected chi connectivity index (χ3v) is 5.90. The fourth-order valence-electron chi connectivity index (χ4n) is 3.59. The van der Waals surface area contributed by atoms with Crippen molar-refractivity contribution < 1.29 is 27.2 Å². The first-order chi connectivity index (χ1) is 18.5. The molecule has 0 bridgehead atoms. The maximum atomic E-state index is 13.9. The minimum absolute atomic E-state index is 0.000200. The van der Waals surface area contributed by atoms with Crippen LogP contribution in [-0.2, 0) is 12.7 Å². The quantitative estimate of drug-likeness (QED) is 0.212. The predicted molar refractivity (Wildman–Crippen MR) is 141 cm³/mol. The van der Waals surface area contributed by atoms with Crippen LogP contribution in [-0.4, -0.2) is 16.8 Å². The molecule has 0 saturated carbocycles. The van der Waals surface area contributed by atoms with Crippen LogP contribution in [0.15, 0.2) is 79.0 Å². The molecule has 0 saturated heterocycles. The van der Waals surface area contributed by atoms with Crippen molar-refractivity contribution in [2.75, 3.05) is 10.6 Å². The largest absolute Gasteiger partial charge is 0.416 e. The molecular formula is C28H21ClF4N4O2. The lowest BCUT2D eigenvalue weighted by Gasteiger charge is -2.16. The monoisotopic (exact) mass is 556 g/mol. The van der Waals surface area contributed by atoms with E-state index < -0.39 is 34.9 Å². The first kappa shape index (κ1) is 27.6. The van der Waals surface area contributed by atoms with E-state index in [9.17, 15) is 27.2 Å². The summed E-state index contributed by atoms with van der Waals surface area (Å²) in [6, 6.07) is 16.9. The van der Waals surface area contributed by atoms with Crippen LogP contribution in [0, 0.1) is 12.7 Å². The first-order valence-corrected chi connectivity index (χ1v) is 11.9. The van der Waals surface area contributed by atoms with Crippen molar-refractivity contribution in [3.63, 3.8) is 0 Å². The number of aryl methyl sites for hydroxylation is 1. The number of carbonyl (C=O) groups is 2. The number of nitrogens with zero attached hydrogens (tertiary/aromatic N) is 1. The molecule has 0 aliphatic heterocycles. The third kappa shape index (κ3) is 7.11. The zero-order valence-electron chi connectivity index (χ0n) is 20.4. The van der Waals surface area contributed by atoms with Crippen LogP contribution < -0.4 is 16.0 Å². The Bertz CT molecular complexity index is 1530. The minimum atomic E-state index is -4.85. The Morgan fingerprint density at radius 1 is 0.897 bits per heavy atom. The molecule has 3 N–H and O–H groups in total. The maximum Gasteiger partial charge on any atom is 0.416 e. The zero-order valence-corrected chi connectivity index (χ0v) is 21.1. The van der Waals surface area contributed by atoms with Gasteiger partial charge in [-0.1, -0.05) is 41.9 Å². The third-order valence-electron chi connectivity index (χ3n) is 5.65. The van der Waals surface area contributed by atoms with Crippen molar-refractivity contribution in [1.29, 1.82) is 0 Å². The average molecular weight is 557 g/mol. The number of carbonyl (C=O) groups excluding carboxylic acids is 2. The van der Waals surface area contributed by atoms with Gasteiger partial charge in [-0.15, -0.1) is 0 Å². The Morgan fingerprint density at radius 2 is 1.62 bits per heavy atom. The summed E-state index contributed by atoms with van der Waals surface area (Å²) in [5.74, 6) is -2.63. The molecule has 2 amide bonds. The number of hydrogen-bond acceptors (Lipinski definition) is 4. The topological polar surface area (TPSA) is 83.1 Å². The average Bonchev–Trinajstić information content (AvgIpc) is 2.89. The number of nitrogens with one attached hydrogen (secondary N) is 3. The number of benzene rings is 3. The highest BCUT2D eigenvalue weighted by atomic mass is 35.5. The van der Waals surface area contributed by atoms with E-state index in [1.54, 1.807) is 36.4 Å². The molecule has 1 aromatic heterocycles. The second kappa shape index (κ2) is 11.5. The van der Waals surface area contributed by atoms with E-state index in [0.29, 0.717) is 28.9 Å². The Morgan fingerprint density at radius 3 is 2.31 bits per heavy atom. The number of alkyl halides is 3. The lowest BCUT2D eigenvalue weighted by atomic mass is 10.1. The molecule has 0 atom stereocenters. The van der Waals surface area contributed by atoms with Crippen molar-refractivity contribution >= 4 is 40.6 Å². The highest BCUT2D eigenvalue weighted by Crippen LogP contribution is 2.31. The smallest absolute Gasteiger partial charge is 0.348 e. The van der Waals surface area contributed by atoms with Gasteiger partial charge < -0.3 is 16.0 Å². The summed E-state index contributed by atoms with van der Waals surface area (Å²) in [5.41, 5.74) is 0.497. The van der Waals surface area contributed by atoms with Crippen molar-refractivity contribution in [2.45, 2.75) is 19.6 Å². The van der Waals surface area contributed by atoms with Crippen molar-refractivity contribution in [3.05, 3.63) is 118 Å². The summed E-state index contributed by atoms with van der Waals surface area (Å²) in [4.78, 5) is 30.0. The molecule has 11 heteroatoms. The van der Waals surface area contributed by atoms with Gasteiger partial charge >= 0.3 is 6.18 Å². The number of hydrogen-bond donors (Lipinski definition) is 3. The molecule has 200 valence electrons. The van der Waals surface area contributed by atoms with Gasteiger partial charge in [-0.05, 0) is 60.5 Å². The summed E-state index contributed by atoms with van der Waals surface area (Å²) in [5, 5.41) is 8.78. The van der Waals surface area contributed by atoms with E-state index in [1.807, 2.05) is 19.1 Å². The van der Waals surface area contributed by atoms with Crippen LogP contribution in [0.1, 0.15) is 37.4 Å². The molecule has 0 aliphatic carbocycles. The van der Waals surface area contributed by atoms with Gasteiger partial charge in [0.05, 0.1) is 16.8 Å². The molecule has 39 heavy (non-hydrogen) atoms. The van der Waals surface area contributed by atoms with E-state index in [-0.39, 0.29) is 23.6 Å². The van der Waals surface area contributed by atoms with Crippen LogP contribution in [0.25, 0.3) is 0 Å². The molecule has 0 radical (unpaired) electrons. The molecular weight excluding hydrogens is 536 g/mol. The van der Waals surface area contributed by atoms with Crippen LogP contribution in [0.3, 0.4) is 0 Å². The summed E-state index contributed by atoms with van der Waals surface area (Å²) in [6.07, 6.45) is -3.56. The van der Waals surface area contributed by atoms with Gasteiger partial charge in [0, 0.05) is 29.0 Å². The molecule has 1 heterocycles. The van der Waals surface area contributed by atoms with Gasteiger partial charge in [0.25, 0.3) is 11.8 Å². The van der Waals surface area contributed by atoms with Crippen molar-refractivity contribution in [3.8, 4) is 0 Å². The van der Waals surface area contributed by atoms with Gasteiger partial charge in [-0.3, -0.25) is 9.59 Å². The Kier molecular flexibility index (Phi) is 8.15. The molecule has 4 rings (SSSR count). The fraction of sp³-hybridized carbons (Fsp3) is 0.107. The highest BCUT2D eigenvalue weighted by Gasteiger charge is 2.32. The Balaban J connectivity index is 1.63. The summed E-state index contributed by atoms with van der Waals surface area (Å²) < 4.78 is 53.4. The Hall–Kier alpha value is -4.44. The number of aromatic nitrogens is 1. The van der Waals surface area contributed by atoms with Gasteiger partial charge in [-0.25, -0.2) is 9.37 Å². The number of pyridine rings is 1. The molecule has 4 aromatic rings. The van der Waals surface area contributed by atoms with Crippen LogP contribution in [0.4, 0.5) is 34.8 Å². The molecule has 0 aliphatic rings. The molecule has 0 spiro atoms. The van der Waals surface area contributed by atoms with Gasteiger partial charge in [0.2, 0.25) is 0 Å². The van der Waals surface area contributed by atoms with E-state index in [4.69, 9.17) is 11.6 Å². The normalized spacial score (nSPS) is 11.1. The molecule has 3 aromatic carbocycles. The Labute approximate surface area is 226 Å². The van der Waals surface area contributed by atoms with E-state index in [1.165, 1.54) is 12.3 Å². The standard InChI is InChI=1S/C28H21ClF4N4O2/c1-16-4-2-3-5-23(16)36-25-24(37-27(39)18-10-20(28(31,32)33)13-22(30)11-18)12-19(15-34-25)26(38)35-14-17-6-8-21(29)9-7-17/h2-13,15H,14H2,1H3,(H,34,36)(H,35,38)(H,37,39). The first-order valence-electron chi connectivity index (χ1n) is 11.5. The number of rotatable bonds is 7. The highest BCUT2D eigenvalue weighted by molar-refractivity contribution is 6.30. The number of amides is 2.